The average Bonchev–Trinajstić information content (AvgIpc) is 2.46. The number of aromatic nitrogens is 1. The van der Waals surface area contributed by atoms with Gasteiger partial charge in [-0.2, -0.15) is 0 Å². The van der Waals surface area contributed by atoms with Gasteiger partial charge in [0, 0.05) is 25.1 Å². The van der Waals surface area contributed by atoms with Gasteiger partial charge in [-0.15, -0.1) is 0 Å². The molecule has 2 rings (SSSR count). The predicted molar refractivity (Wildman–Crippen MR) is 81.5 cm³/mol. The van der Waals surface area contributed by atoms with Crippen LogP contribution in [-0.2, 0) is 0 Å². The van der Waals surface area contributed by atoms with Crippen LogP contribution in [0.3, 0.4) is 0 Å². The number of rotatable bonds is 6. The molecular formula is C14H22N4O3. The molecule has 3 N–H and O–H groups in total. The van der Waals surface area contributed by atoms with Crippen LogP contribution in [0, 0.1) is 16.0 Å². The zero-order valence-corrected chi connectivity index (χ0v) is 12.2. The van der Waals surface area contributed by atoms with Gasteiger partial charge in [0.25, 0.3) is 0 Å². The van der Waals surface area contributed by atoms with Crippen LogP contribution in [-0.4, -0.2) is 34.2 Å². The third-order valence-electron chi connectivity index (χ3n) is 3.83. The summed E-state index contributed by atoms with van der Waals surface area (Å²) in [6.07, 6.45) is 3.55. The van der Waals surface area contributed by atoms with Crippen molar-refractivity contribution in [2.75, 3.05) is 23.7 Å². The van der Waals surface area contributed by atoms with Gasteiger partial charge >= 0.3 is 5.69 Å². The van der Waals surface area contributed by atoms with Gasteiger partial charge in [-0.1, -0.05) is 12.8 Å². The van der Waals surface area contributed by atoms with E-state index >= 15 is 0 Å². The van der Waals surface area contributed by atoms with Crippen molar-refractivity contribution in [3.8, 4) is 0 Å². The van der Waals surface area contributed by atoms with Crippen molar-refractivity contribution in [2.45, 2.75) is 38.7 Å². The molecular weight excluding hydrogens is 272 g/mol. The lowest BCUT2D eigenvalue weighted by molar-refractivity contribution is -0.384. The molecule has 1 fully saturated rings. The Morgan fingerprint density at radius 2 is 2.14 bits per heavy atom. The summed E-state index contributed by atoms with van der Waals surface area (Å²) < 4.78 is 0. The Kier molecular flexibility index (Phi) is 5.32. The van der Waals surface area contributed by atoms with Crippen molar-refractivity contribution >= 4 is 17.3 Å². The summed E-state index contributed by atoms with van der Waals surface area (Å²) in [5.41, 5.74) is -0.0399. The highest BCUT2D eigenvalue weighted by Gasteiger charge is 2.24. The van der Waals surface area contributed by atoms with E-state index in [1.54, 1.807) is 6.07 Å². The third-order valence-corrected chi connectivity index (χ3v) is 3.83. The highest BCUT2D eigenvalue weighted by molar-refractivity contribution is 5.60. The van der Waals surface area contributed by atoms with Gasteiger partial charge < -0.3 is 15.7 Å². The van der Waals surface area contributed by atoms with E-state index in [1.165, 1.54) is 6.07 Å². The van der Waals surface area contributed by atoms with Crippen molar-refractivity contribution < 1.29 is 10.0 Å². The molecule has 2 unspecified atom stereocenters. The van der Waals surface area contributed by atoms with Gasteiger partial charge in [0.1, 0.15) is 5.82 Å². The number of aliphatic hydroxyl groups is 1. The molecule has 2 atom stereocenters. The van der Waals surface area contributed by atoms with Crippen LogP contribution >= 0.6 is 0 Å². The standard InChI is InChI=1S/C14H22N4O3/c1-2-15-13-8-7-11(18(20)21)14(17-13)16-9-10-5-3-4-6-12(10)19/h7-8,10,12,19H,2-6,9H2,1H3,(H2,15,16,17). The topological polar surface area (TPSA) is 100 Å². The van der Waals surface area contributed by atoms with Gasteiger partial charge in [0.15, 0.2) is 0 Å². The Balaban J connectivity index is 2.09. The van der Waals surface area contributed by atoms with Crippen molar-refractivity contribution in [2.24, 2.45) is 5.92 Å². The Morgan fingerprint density at radius 3 is 2.81 bits per heavy atom. The molecule has 0 spiro atoms. The smallest absolute Gasteiger partial charge is 0.311 e. The largest absolute Gasteiger partial charge is 0.393 e. The van der Waals surface area contributed by atoms with E-state index in [1.807, 2.05) is 6.92 Å². The number of hydrogen-bond acceptors (Lipinski definition) is 6. The van der Waals surface area contributed by atoms with E-state index in [-0.39, 0.29) is 23.5 Å². The normalized spacial score (nSPS) is 21.8. The van der Waals surface area contributed by atoms with Gasteiger partial charge in [-0.3, -0.25) is 10.1 Å². The zero-order chi connectivity index (χ0) is 15.2. The number of aliphatic hydroxyl groups excluding tert-OH is 1. The van der Waals surface area contributed by atoms with Crippen LogP contribution in [0.5, 0.6) is 0 Å². The molecule has 0 amide bonds. The first-order valence-corrected chi connectivity index (χ1v) is 7.43. The molecule has 0 aromatic carbocycles. The first-order valence-electron chi connectivity index (χ1n) is 7.43. The van der Waals surface area contributed by atoms with Crippen molar-refractivity contribution in [1.29, 1.82) is 0 Å². The first-order chi connectivity index (χ1) is 10.1. The lowest BCUT2D eigenvalue weighted by atomic mass is 9.86. The van der Waals surface area contributed by atoms with Gasteiger partial charge in [-0.05, 0) is 25.8 Å². The fourth-order valence-corrected chi connectivity index (χ4v) is 2.66. The number of pyridine rings is 1. The highest BCUT2D eigenvalue weighted by atomic mass is 16.6. The summed E-state index contributed by atoms with van der Waals surface area (Å²) in [5, 5.41) is 27.1. The average molecular weight is 294 g/mol. The molecule has 7 nitrogen and oxygen atoms in total. The van der Waals surface area contributed by atoms with Crippen molar-refractivity contribution in [3.63, 3.8) is 0 Å². The van der Waals surface area contributed by atoms with Crippen LogP contribution in [0.25, 0.3) is 0 Å². The Hall–Kier alpha value is -1.89. The molecule has 0 saturated heterocycles. The summed E-state index contributed by atoms with van der Waals surface area (Å²) in [5.74, 6) is 0.994. The number of nitrogens with zero attached hydrogens (tertiary/aromatic N) is 2. The number of nitro groups is 1. The van der Waals surface area contributed by atoms with Gasteiger partial charge in [0.05, 0.1) is 11.0 Å². The molecule has 1 aliphatic rings. The summed E-state index contributed by atoms with van der Waals surface area (Å²) in [6.45, 7) is 3.14. The molecule has 7 heteroatoms. The second-order valence-electron chi connectivity index (χ2n) is 5.34. The minimum atomic E-state index is -0.442. The minimum Gasteiger partial charge on any atom is -0.393 e. The van der Waals surface area contributed by atoms with E-state index in [0.717, 1.165) is 25.7 Å². The second-order valence-corrected chi connectivity index (χ2v) is 5.34. The van der Waals surface area contributed by atoms with E-state index in [4.69, 9.17) is 0 Å². The molecule has 1 heterocycles. The summed E-state index contributed by atoms with van der Waals surface area (Å²) >= 11 is 0. The first kappa shape index (κ1) is 15.5. The van der Waals surface area contributed by atoms with Crippen molar-refractivity contribution in [3.05, 3.63) is 22.2 Å². The van der Waals surface area contributed by atoms with Crippen LogP contribution in [0.4, 0.5) is 17.3 Å². The molecule has 21 heavy (non-hydrogen) atoms. The number of hydrogen-bond donors (Lipinski definition) is 3. The van der Waals surface area contributed by atoms with E-state index in [9.17, 15) is 15.2 Å². The second kappa shape index (κ2) is 7.21. The molecule has 1 aromatic rings. The van der Waals surface area contributed by atoms with Crippen LogP contribution in [0.15, 0.2) is 12.1 Å². The molecule has 1 aliphatic carbocycles. The molecule has 1 aromatic heterocycles. The SMILES string of the molecule is CCNc1ccc([N+](=O)[O-])c(NCC2CCCCC2O)n1. The molecule has 116 valence electrons. The highest BCUT2D eigenvalue weighted by Crippen LogP contribution is 2.27. The minimum absolute atomic E-state index is 0.0399. The van der Waals surface area contributed by atoms with Crippen LogP contribution < -0.4 is 10.6 Å². The van der Waals surface area contributed by atoms with Gasteiger partial charge in [-0.25, -0.2) is 4.98 Å². The Bertz CT molecular complexity index is 495. The Morgan fingerprint density at radius 1 is 1.38 bits per heavy atom. The summed E-state index contributed by atoms with van der Waals surface area (Å²) in [7, 11) is 0. The fourth-order valence-electron chi connectivity index (χ4n) is 2.66. The monoisotopic (exact) mass is 294 g/mol. The number of anilines is 2. The lowest BCUT2D eigenvalue weighted by Crippen LogP contribution is -2.30. The fraction of sp³-hybridized carbons (Fsp3) is 0.643. The predicted octanol–water partition coefficient (Wildman–Crippen LogP) is 2.38. The van der Waals surface area contributed by atoms with E-state index < -0.39 is 4.92 Å². The molecule has 0 bridgehead atoms. The maximum absolute atomic E-state index is 11.1. The lowest BCUT2D eigenvalue weighted by Gasteiger charge is -2.27. The maximum atomic E-state index is 11.1. The van der Waals surface area contributed by atoms with Gasteiger partial charge in [0.2, 0.25) is 5.82 Å². The number of nitrogens with one attached hydrogen (secondary N) is 2. The third kappa shape index (κ3) is 4.04. The van der Waals surface area contributed by atoms with Crippen LogP contribution in [0.1, 0.15) is 32.6 Å². The quantitative estimate of drug-likeness (QED) is 0.550. The molecule has 1 saturated carbocycles. The zero-order valence-electron chi connectivity index (χ0n) is 12.2. The van der Waals surface area contributed by atoms with Crippen molar-refractivity contribution in [1.82, 2.24) is 4.98 Å². The van der Waals surface area contributed by atoms with E-state index in [0.29, 0.717) is 18.9 Å². The molecule has 0 radical (unpaired) electrons. The van der Waals surface area contributed by atoms with Crippen LogP contribution in [0.2, 0.25) is 0 Å². The molecule has 0 aliphatic heterocycles. The maximum Gasteiger partial charge on any atom is 0.311 e. The summed E-state index contributed by atoms with van der Waals surface area (Å²) in [4.78, 5) is 14.9. The van der Waals surface area contributed by atoms with E-state index in [2.05, 4.69) is 15.6 Å². The summed E-state index contributed by atoms with van der Waals surface area (Å²) in [6, 6.07) is 3.05. The Labute approximate surface area is 123 Å².